The number of carbonyl (C=O) groups excluding carboxylic acids is 1. The van der Waals surface area contributed by atoms with Crippen LogP contribution in [0.2, 0.25) is 15.1 Å². The second kappa shape index (κ2) is 6.35. The van der Waals surface area contributed by atoms with Gasteiger partial charge in [0.2, 0.25) is 5.91 Å². The first-order chi connectivity index (χ1) is 9.49. The van der Waals surface area contributed by atoms with Gasteiger partial charge >= 0.3 is 0 Å². The number of nitrogens with two attached hydrogens (primary N) is 1. The Morgan fingerprint density at radius 2 is 1.70 bits per heavy atom. The van der Waals surface area contributed by atoms with Gasteiger partial charge in [-0.1, -0.05) is 40.9 Å². The zero-order valence-corrected chi connectivity index (χ0v) is 12.6. The van der Waals surface area contributed by atoms with Crippen molar-refractivity contribution >= 4 is 46.4 Å². The predicted molar refractivity (Wildman–Crippen MR) is 83.8 cm³/mol. The van der Waals surface area contributed by atoms with Crippen LogP contribution in [0.4, 0.5) is 5.69 Å². The topological polar surface area (TPSA) is 55.1 Å². The fourth-order valence-electron chi connectivity index (χ4n) is 1.72. The van der Waals surface area contributed by atoms with Crippen LogP contribution in [0.1, 0.15) is 15.9 Å². The lowest BCUT2D eigenvalue weighted by Crippen LogP contribution is -2.11. The lowest BCUT2D eigenvalue weighted by atomic mass is 10.2. The number of anilines is 1. The third-order valence-corrected chi connectivity index (χ3v) is 3.79. The number of rotatable bonds is 4. The summed E-state index contributed by atoms with van der Waals surface area (Å²) < 4.78 is 0. The summed E-state index contributed by atoms with van der Waals surface area (Å²) in [6, 6.07) is 10.2. The minimum absolute atomic E-state index is 0.285. The van der Waals surface area contributed by atoms with Gasteiger partial charge in [-0.3, -0.25) is 4.79 Å². The van der Waals surface area contributed by atoms with Gasteiger partial charge in [0.15, 0.2) is 0 Å². The number of amides is 1. The van der Waals surface area contributed by atoms with Gasteiger partial charge in [0.1, 0.15) is 0 Å². The van der Waals surface area contributed by atoms with Gasteiger partial charge in [0.25, 0.3) is 0 Å². The summed E-state index contributed by atoms with van der Waals surface area (Å²) >= 11 is 18.1. The molecule has 0 atom stereocenters. The molecule has 0 saturated heterocycles. The zero-order valence-electron chi connectivity index (χ0n) is 10.3. The normalized spacial score (nSPS) is 10.3. The largest absolute Gasteiger partial charge is 0.381 e. The minimum Gasteiger partial charge on any atom is -0.381 e. The first-order valence-electron chi connectivity index (χ1n) is 5.75. The van der Waals surface area contributed by atoms with E-state index < -0.39 is 5.91 Å². The highest BCUT2D eigenvalue weighted by Crippen LogP contribution is 2.26. The molecular formula is C14H11Cl3N2O. The summed E-state index contributed by atoms with van der Waals surface area (Å²) in [5, 5.41) is 4.62. The molecule has 0 spiro atoms. The van der Waals surface area contributed by atoms with Crippen molar-refractivity contribution in [2.24, 2.45) is 5.73 Å². The molecule has 0 aromatic heterocycles. The fourth-order valence-corrected chi connectivity index (χ4v) is 2.52. The number of halogens is 3. The summed E-state index contributed by atoms with van der Waals surface area (Å²) in [6.45, 7) is 0.449. The van der Waals surface area contributed by atoms with E-state index in [0.717, 1.165) is 11.3 Å². The van der Waals surface area contributed by atoms with Gasteiger partial charge in [0.05, 0.1) is 10.6 Å². The highest BCUT2D eigenvalue weighted by Gasteiger charge is 2.08. The van der Waals surface area contributed by atoms with Crippen LogP contribution in [0.15, 0.2) is 36.4 Å². The van der Waals surface area contributed by atoms with E-state index in [-0.39, 0.29) is 5.56 Å². The SMILES string of the molecule is NC(=O)c1ccc(NCc2c(Cl)cccc2Cl)cc1Cl. The highest BCUT2D eigenvalue weighted by molar-refractivity contribution is 6.36. The van der Waals surface area contributed by atoms with Crippen LogP contribution < -0.4 is 11.1 Å². The van der Waals surface area contributed by atoms with Gasteiger partial charge in [-0.05, 0) is 30.3 Å². The smallest absolute Gasteiger partial charge is 0.250 e. The van der Waals surface area contributed by atoms with E-state index in [9.17, 15) is 4.79 Å². The molecule has 104 valence electrons. The Morgan fingerprint density at radius 3 is 2.25 bits per heavy atom. The Hall–Kier alpha value is -1.42. The number of benzene rings is 2. The molecule has 0 aliphatic heterocycles. The Morgan fingerprint density at radius 1 is 1.05 bits per heavy atom. The Bertz CT molecular complexity index is 639. The third kappa shape index (κ3) is 3.37. The van der Waals surface area contributed by atoms with Crippen molar-refractivity contribution in [3.05, 3.63) is 62.6 Å². The van der Waals surface area contributed by atoms with Crippen LogP contribution in [0.3, 0.4) is 0 Å². The number of hydrogen-bond donors (Lipinski definition) is 2. The van der Waals surface area contributed by atoms with E-state index in [4.69, 9.17) is 40.5 Å². The average Bonchev–Trinajstić information content (AvgIpc) is 2.37. The summed E-state index contributed by atoms with van der Waals surface area (Å²) in [4.78, 5) is 11.1. The van der Waals surface area contributed by atoms with Crippen LogP contribution in [-0.4, -0.2) is 5.91 Å². The second-order valence-electron chi connectivity index (χ2n) is 4.11. The van der Waals surface area contributed by atoms with E-state index in [1.807, 2.05) is 0 Å². The van der Waals surface area contributed by atoms with Crippen molar-refractivity contribution in [2.75, 3.05) is 5.32 Å². The molecule has 0 aliphatic rings. The summed E-state index contributed by atoms with van der Waals surface area (Å²) in [5.74, 6) is -0.560. The maximum Gasteiger partial charge on any atom is 0.250 e. The predicted octanol–water partition coefficient (Wildman–Crippen LogP) is 4.36. The van der Waals surface area contributed by atoms with Crippen molar-refractivity contribution in [3.8, 4) is 0 Å². The van der Waals surface area contributed by atoms with Gasteiger partial charge in [-0.25, -0.2) is 0 Å². The van der Waals surface area contributed by atoms with E-state index in [1.54, 1.807) is 36.4 Å². The van der Waals surface area contributed by atoms with Gasteiger partial charge in [-0.2, -0.15) is 0 Å². The molecule has 0 radical (unpaired) electrons. The van der Waals surface area contributed by atoms with E-state index >= 15 is 0 Å². The lowest BCUT2D eigenvalue weighted by molar-refractivity contribution is 0.100. The van der Waals surface area contributed by atoms with E-state index in [1.165, 1.54) is 0 Å². The maximum atomic E-state index is 11.1. The summed E-state index contributed by atoms with van der Waals surface area (Å²) in [7, 11) is 0. The van der Waals surface area contributed by atoms with Crippen molar-refractivity contribution < 1.29 is 4.79 Å². The molecule has 0 saturated carbocycles. The Labute approximate surface area is 131 Å². The van der Waals surface area contributed by atoms with Crippen molar-refractivity contribution in [1.82, 2.24) is 0 Å². The Kier molecular flexibility index (Phi) is 4.76. The minimum atomic E-state index is -0.560. The monoisotopic (exact) mass is 328 g/mol. The molecule has 1 amide bonds. The molecule has 0 bridgehead atoms. The molecule has 20 heavy (non-hydrogen) atoms. The van der Waals surface area contributed by atoms with E-state index in [2.05, 4.69) is 5.32 Å². The van der Waals surface area contributed by atoms with Crippen LogP contribution in [0, 0.1) is 0 Å². The molecule has 3 N–H and O–H groups in total. The molecule has 6 heteroatoms. The number of carbonyl (C=O) groups is 1. The molecule has 2 aromatic rings. The number of nitrogens with one attached hydrogen (secondary N) is 1. The first-order valence-corrected chi connectivity index (χ1v) is 6.88. The highest BCUT2D eigenvalue weighted by atomic mass is 35.5. The van der Waals surface area contributed by atoms with Gasteiger partial charge in [0, 0.05) is 27.8 Å². The van der Waals surface area contributed by atoms with Crippen molar-refractivity contribution in [3.63, 3.8) is 0 Å². The maximum absolute atomic E-state index is 11.1. The Balaban J connectivity index is 2.16. The van der Waals surface area contributed by atoms with Crippen LogP contribution in [0.25, 0.3) is 0 Å². The molecule has 0 heterocycles. The number of primary amides is 1. The summed E-state index contributed by atoms with van der Waals surface area (Å²) in [6.07, 6.45) is 0. The molecule has 2 rings (SSSR count). The lowest BCUT2D eigenvalue weighted by Gasteiger charge is -2.11. The zero-order chi connectivity index (χ0) is 14.7. The summed E-state index contributed by atoms with van der Waals surface area (Å²) in [5.41, 5.74) is 7.02. The molecule has 0 fully saturated rings. The van der Waals surface area contributed by atoms with Gasteiger partial charge < -0.3 is 11.1 Å². The standard InChI is InChI=1S/C14H11Cl3N2O/c15-11-2-1-3-12(16)10(11)7-19-8-4-5-9(14(18)20)13(17)6-8/h1-6,19H,7H2,(H2,18,20). The quantitative estimate of drug-likeness (QED) is 0.875. The van der Waals surface area contributed by atoms with Crippen molar-refractivity contribution in [1.29, 1.82) is 0 Å². The molecule has 0 unspecified atom stereocenters. The fraction of sp³-hybridized carbons (Fsp3) is 0.0714. The van der Waals surface area contributed by atoms with Crippen LogP contribution >= 0.6 is 34.8 Å². The molecule has 2 aromatic carbocycles. The molecule has 0 aliphatic carbocycles. The average molecular weight is 330 g/mol. The number of hydrogen-bond acceptors (Lipinski definition) is 2. The van der Waals surface area contributed by atoms with Crippen LogP contribution in [-0.2, 0) is 6.54 Å². The van der Waals surface area contributed by atoms with E-state index in [0.29, 0.717) is 21.6 Å². The van der Waals surface area contributed by atoms with Crippen molar-refractivity contribution in [2.45, 2.75) is 6.54 Å². The van der Waals surface area contributed by atoms with Crippen LogP contribution in [0.5, 0.6) is 0 Å². The third-order valence-electron chi connectivity index (χ3n) is 2.77. The molecule has 3 nitrogen and oxygen atoms in total. The second-order valence-corrected chi connectivity index (χ2v) is 5.33. The van der Waals surface area contributed by atoms with Gasteiger partial charge in [-0.15, -0.1) is 0 Å². The molecular weight excluding hydrogens is 319 g/mol. The first kappa shape index (κ1) is 15.0.